The quantitative estimate of drug-likeness (QED) is 0.805. The van der Waals surface area contributed by atoms with Crippen molar-refractivity contribution in [3.05, 3.63) is 35.3 Å². The number of H-pyrrole nitrogens is 1. The largest absolute Gasteiger partial charge is 0.343 e. The summed E-state index contributed by atoms with van der Waals surface area (Å²) in [6, 6.07) is 1.85. The molecule has 1 N–H and O–H groups in total. The molecule has 2 heterocycles. The molecule has 0 aliphatic heterocycles. The van der Waals surface area contributed by atoms with Crippen LogP contribution in [0.2, 0.25) is 0 Å². The lowest BCUT2D eigenvalue weighted by Crippen LogP contribution is -1.95. The molecule has 5 heteroatoms. The summed E-state index contributed by atoms with van der Waals surface area (Å²) in [7, 11) is 0. The lowest BCUT2D eigenvalue weighted by molar-refractivity contribution is 0.923. The molecule has 1 aliphatic carbocycles. The van der Waals surface area contributed by atoms with Crippen LogP contribution in [0.15, 0.2) is 24.8 Å². The van der Waals surface area contributed by atoms with E-state index >= 15 is 0 Å². The van der Waals surface area contributed by atoms with Crippen LogP contribution in [0.3, 0.4) is 0 Å². The Morgan fingerprint density at radius 2 is 2.00 bits per heavy atom. The lowest BCUT2D eigenvalue weighted by atomic mass is 10.2. The maximum atomic E-state index is 5.16. The molecule has 0 spiro atoms. The molecule has 3 rings (SSSR count). The normalized spacial score (nSPS) is 15.0. The van der Waals surface area contributed by atoms with Gasteiger partial charge in [0.2, 0.25) is 0 Å². The van der Waals surface area contributed by atoms with Crippen LogP contribution in [0.5, 0.6) is 0 Å². The zero-order chi connectivity index (χ0) is 11.0. The first-order valence-corrected chi connectivity index (χ1v) is 5.60. The fraction of sp³-hybridized carbons (Fsp3) is 0.273. The van der Waals surface area contributed by atoms with E-state index < -0.39 is 0 Å². The van der Waals surface area contributed by atoms with E-state index in [0.717, 1.165) is 17.1 Å². The van der Waals surface area contributed by atoms with Gasteiger partial charge < -0.3 is 4.98 Å². The Morgan fingerprint density at radius 3 is 2.69 bits per heavy atom. The zero-order valence-corrected chi connectivity index (χ0v) is 9.37. The Labute approximate surface area is 97.8 Å². The highest BCUT2D eigenvalue weighted by molar-refractivity contribution is 7.71. The maximum absolute atomic E-state index is 5.16. The van der Waals surface area contributed by atoms with Crippen molar-refractivity contribution >= 4 is 12.2 Å². The van der Waals surface area contributed by atoms with Crippen molar-refractivity contribution in [3.63, 3.8) is 0 Å². The van der Waals surface area contributed by atoms with Gasteiger partial charge in [-0.25, -0.2) is 15.0 Å². The van der Waals surface area contributed by atoms with E-state index in [4.69, 9.17) is 12.2 Å². The second-order valence-electron chi connectivity index (χ2n) is 3.92. The summed E-state index contributed by atoms with van der Waals surface area (Å²) in [5.74, 6) is 1.55. The highest BCUT2D eigenvalue weighted by Gasteiger charge is 2.26. The monoisotopic (exact) mass is 230 g/mol. The number of aromatic amines is 1. The molecule has 0 amide bonds. The summed E-state index contributed by atoms with van der Waals surface area (Å²) < 4.78 is 0.625. The van der Waals surface area contributed by atoms with Gasteiger partial charge in [0.15, 0.2) is 0 Å². The van der Waals surface area contributed by atoms with Gasteiger partial charge in [-0.15, -0.1) is 0 Å². The average Bonchev–Trinajstić information content (AvgIpc) is 3.13. The molecule has 0 aromatic carbocycles. The number of hydrogen-bond acceptors (Lipinski definition) is 4. The van der Waals surface area contributed by atoms with Gasteiger partial charge in [0.05, 0.1) is 5.69 Å². The minimum absolute atomic E-state index is 0.561. The fourth-order valence-corrected chi connectivity index (χ4v) is 1.84. The van der Waals surface area contributed by atoms with Crippen LogP contribution in [0, 0.1) is 4.64 Å². The Morgan fingerprint density at radius 1 is 1.25 bits per heavy atom. The van der Waals surface area contributed by atoms with Crippen LogP contribution >= 0.6 is 12.2 Å². The lowest BCUT2D eigenvalue weighted by Gasteiger charge is -2.04. The van der Waals surface area contributed by atoms with Crippen molar-refractivity contribution < 1.29 is 0 Å². The number of nitrogens with one attached hydrogen (secondary N) is 1. The van der Waals surface area contributed by atoms with Crippen molar-refractivity contribution in [2.24, 2.45) is 0 Å². The molecule has 2 aromatic rings. The molecule has 1 fully saturated rings. The smallest absolute Gasteiger partial charge is 0.130 e. The summed E-state index contributed by atoms with van der Waals surface area (Å²) in [4.78, 5) is 15.6. The molecule has 1 aliphatic rings. The summed E-state index contributed by atoms with van der Waals surface area (Å²) in [6.45, 7) is 0. The van der Waals surface area contributed by atoms with Crippen molar-refractivity contribution in [2.75, 3.05) is 0 Å². The van der Waals surface area contributed by atoms with Crippen molar-refractivity contribution in [3.8, 4) is 11.3 Å². The summed E-state index contributed by atoms with van der Waals surface area (Å²) in [6.07, 6.45) is 7.45. The number of rotatable bonds is 2. The molecule has 2 aromatic heterocycles. The standard InChI is InChI=1S/C11H10N4S/c16-10-3-9(8-4-12-6-13-5-8)14-11(15-10)7-1-2-7/h3-7H,1-2H2,(H,14,15,16). The molecule has 0 bridgehead atoms. The SMILES string of the molecule is S=c1cc(-c2cncnc2)[nH]c(C2CC2)n1. The fourth-order valence-electron chi connectivity index (χ4n) is 1.62. The van der Waals surface area contributed by atoms with Gasteiger partial charge in [-0.1, -0.05) is 12.2 Å². The van der Waals surface area contributed by atoms with Gasteiger partial charge in [0.1, 0.15) is 16.8 Å². The van der Waals surface area contributed by atoms with Crippen LogP contribution in [0.1, 0.15) is 24.6 Å². The molecular weight excluding hydrogens is 220 g/mol. The maximum Gasteiger partial charge on any atom is 0.130 e. The van der Waals surface area contributed by atoms with Gasteiger partial charge >= 0.3 is 0 Å². The third-order valence-electron chi connectivity index (χ3n) is 2.60. The first-order valence-electron chi connectivity index (χ1n) is 5.19. The summed E-state index contributed by atoms with van der Waals surface area (Å²) >= 11 is 5.16. The van der Waals surface area contributed by atoms with Gasteiger partial charge in [0, 0.05) is 23.9 Å². The second-order valence-corrected chi connectivity index (χ2v) is 4.34. The predicted octanol–water partition coefficient (Wildman–Crippen LogP) is 2.47. The molecule has 0 atom stereocenters. The van der Waals surface area contributed by atoms with Crippen LogP contribution in [-0.4, -0.2) is 19.9 Å². The molecule has 0 unspecified atom stereocenters. The molecule has 16 heavy (non-hydrogen) atoms. The number of nitrogens with zero attached hydrogens (tertiary/aromatic N) is 3. The van der Waals surface area contributed by atoms with Gasteiger partial charge in [-0.05, 0) is 18.9 Å². The number of hydrogen-bond donors (Lipinski definition) is 1. The van der Waals surface area contributed by atoms with Gasteiger partial charge in [0.25, 0.3) is 0 Å². The minimum atomic E-state index is 0.561. The van der Waals surface area contributed by atoms with E-state index in [1.807, 2.05) is 6.07 Å². The van der Waals surface area contributed by atoms with E-state index in [1.165, 1.54) is 19.2 Å². The van der Waals surface area contributed by atoms with E-state index in [0.29, 0.717) is 10.6 Å². The Balaban J connectivity index is 2.10. The Kier molecular flexibility index (Phi) is 2.25. The minimum Gasteiger partial charge on any atom is -0.343 e. The molecular formula is C11H10N4S. The highest BCUT2D eigenvalue weighted by Crippen LogP contribution is 2.38. The summed E-state index contributed by atoms with van der Waals surface area (Å²) in [5.41, 5.74) is 1.89. The molecule has 80 valence electrons. The first kappa shape index (κ1) is 9.59. The van der Waals surface area contributed by atoms with E-state index in [9.17, 15) is 0 Å². The van der Waals surface area contributed by atoms with Crippen molar-refractivity contribution in [1.29, 1.82) is 0 Å². The van der Waals surface area contributed by atoms with Gasteiger partial charge in [-0.3, -0.25) is 0 Å². The van der Waals surface area contributed by atoms with E-state index in [1.54, 1.807) is 12.4 Å². The van der Waals surface area contributed by atoms with E-state index in [2.05, 4.69) is 19.9 Å². The average molecular weight is 230 g/mol. The van der Waals surface area contributed by atoms with Gasteiger partial charge in [-0.2, -0.15) is 0 Å². The Hall–Kier alpha value is -1.62. The zero-order valence-electron chi connectivity index (χ0n) is 8.55. The first-order chi connectivity index (χ1) is 7.83. The van der Waals surface area contributed by atoms with Crippen LogP contribution in [0.25, 0.3) is 11.3 Å². The van der Waals surface area contributed by atoms with Crippen LogP contribution in [-0.2, 0) is 0 Å². The van der Waals surface area contributed by atoms with Crippen LogP contribution in [0.4, 0.5) is 0 Å². The van der Waals surface area contributed by atoms with Crippen LogP contribution < -0.4 is 0 Å². The predicted molar refractivity (Wildman–Crippen MR) is 62.4 cm³/mol. The topological polar surface area (TPSA) is 54.5 Å². The number of aromatic nitrogens is 4. The second kappa shape index (κ2) is 3.75. The molecule has 1 saturated carbocycles. The third kappa shape index (κ3) is 1.86. The van der Waals surface area contributed by atoms with Crippen molar-refractivity contribution in [1.82, 2.24) is 19.9 Å². The molecule has 4 nitrogen and oxygen atoms in total. The molecule has 0 radical (unpaired) electrons. The Bertz CT molecular complexity index is 560. The highest BCUT2D eigenvalue weighted by atomic mass is 32.1. The third-order valence-corrected chi connectivity index (χ3v) is 2.81. The summed E-state index contributed by atoms with van der Waals surface area (Å²) in [5, 5.41) is 0. The molecule has 0 saturated heterocycles. The van der Waals surface area contributed by atoms with E-state index in [-0.39, 0.29) is 0 Å². The van der Waals surface area contributed by atoms with Crippen molar-refractivity contribution in [2.45, 2.75) is 18.8 Å².